The van der Waals surface area contributed by atoms with Crippen LogP contribution in [-0.2, 0) is 4.74 Å². The fourth-order valence-corrected chi connectivity index (χ4v) is 1.66. The van der Waals surface area contributed by atoms with Crippen molar-refractivity contribution in [2.24, 2.45) is 0 Å². The molecule has 1 fully saturated rings. The lowest BCUT2D eigenvalue weighted by molar-refractivity contribution is -0.385. The van der Waals surface area contributed by atoms with E-state index in [2.05, 4.69) is 0 Å². The number of benzene rings is 1. The Kier molecular flexibility index (Phi) is 3.43. The molecule has 1 aliphatic heterocycles. The van der Waals surface area contributed by atoms with Crippen molar-refractivity contribution in [1.29, 1.82) is 0 Å². The van der Waals surface area contributed by atoms with Crippen LogP contribution in [0.5, 0.6) is 11.5 Å². The lowest BCUT2D eigenvalue weighted by Crippen LogP contribution is -2.16. The van der Waals surface area contributed by atoms with Gasteiger partial charge in [0.2, 0.25) is 0 Å². The van der Waals surface area contributed by atoms with Crippen LogP contribution < -0.4 is 9.47 Å². The molecular weight excluding hydrogens is 226 g/mol. The van der Waals surface area contributed by atoms with Crippen molar-refractivity contribution in [3.8, 4) is 11.5 Å². The molecule has 1 aromatic carbocycles. The average molecular weight is 239 g/mol. The van der Waals surface area contributed by atoms with Crippen LogP contribution in [0, 0.1) is 10.1 Å². The molecular formula is C11H13NO5. The summed E-state index contributed by atoms with van der Waals surface area (Å²) in [5.41, 5.74) is -0.0142. The Hall–Kier alpha value is -1.82. The summed E-state index contributed by atoms with van der Waals surface area (Å²) in [5.74, 6) is 0.875. The predicted octanol–water partition coefficient (Wildman–Crippen LogP) is 1.77. The van der Waals surface area contributed by atoms with Gasteiger partial charge in [0.1, 0.15) is 6.10 Å². The van der Waals surface area contributed by atoms with E-state index in [4.69, 9.17) is 14.2 Å². The van der Waals surface area contributed by atoms with Gasteiger partial charge >= 0.3 is 0 Å². The largest absolute Gasteiger partial charge is 0.493 e. The SMILES string of the molecule is COc1ccc([N+](=O)[O-])cc1O[C@@H]1CCOC1. The molecule has 1 aliphatic rings. The van der Waals surface area contributed by atoms with Crippen LogP contribution in [-0.4, -0.2) is 31.4 Å². The normalized spacial score (nSPS) is 19.0. The summed E-state index contributed by atoms with van der Waals surface area (Å²) in [5, 5.41) is 10.7. The number of hydrogen-bond donors (Lipinski definition) is 0. The van der Waals surface area contributed by atoms with Gasteiger partial charge in [-0.1, -0.05) is 0 Å². The van der Waals surface area contributed by atoms with Crippen LogP contribution in [0.4, 0.5) is 5.69 Å². The monoisotopic (exact) mass is 239 g/mol. The minimum Gasteiger partial charge on any atom is -0.493 e. The fourth-order valence-electron chi connectivity index (χ4n) is 1.66. The van der Waals surface area contributed by atoms with E-state index in [1.165, 1.54) is 25.3 Å². The maximum Gasteiger partial charge on any atom is 0.273 e. The van der Waals surface area contributed by atoms with Gasteiger partial charge in [0.25, 0.3) is 5.69 Å². The molecule has 0 aromatic heterocycles. The first-order chi connectivity index (χ1) is 8.20. The van der Waals surface area contributed by atoms with Crippen molar-refractivity contribution >= 4 is 5.69 Å². The second kappa shape index (κ2) is 5.01. The van der Waals surface area contributed by atoms with Gasteiger partial charge in [-0.3, -0.25) is 10.1 Å². The Bertz CT molecular complexity index is 414. The Labute approximate surface area is 98.2 Å². The highest BCUT2D eigenvalue weighted by Crippen LogP contribution is 2.32. The van der Waals surface area contributed by atoms with Crippen molar-refractivity contribution in [2.45, 2.75) is 12.5 Å². The molecule has 0 N–H and O–H groups in total. The van der Waals surface area contributed by atoms with Crippen LogP contribution in [0.3, 0.4) is 0 Å². The van der Waals surface area contributed by atoms with E-state index in [1.54, 1.807) is 0 Å². The van der Waals surface area contributed by atoms with E-state index in [1.807, 2.05) is 0 Å². The topological polar surface area (TPSA) is 70.8 Å². The standard InChI is InChI=1S/C11H13NO5/c1-15-10-3-2-8(12(13)14)6-11(10)17-9-4-5-16-7-9/h2-3,6,9H,4-5,7H2,1H3/t9-/m1/s1. The van der Waals surface area contributed by atoms with Crippen molar-refractivity contribution < 1.29 is 19.1 Å². The smallest absolute Gasteiger partial charge is 0.273 e. The van der Waals surface area contributed by atoms with Gasteiger partial charge in [-0.2, -0.15) is 0 Å². The van der Waals surface area contributed by atoms with Crippen molar-refractivity contribution in [3.05, 3.63) is 28.3 Å². The highest BCUT2D eigenvalue weighted by Gasteiger charge is 2.20. The first-order valence-corrected chi connectivity index (χ1v) is 5.27. The highest BCUT2D eigenvalue weighted by molar-refractivity contribution is 5.48. The van der Waals surface area contributed by atoms with E-state index < -0.39 is 4.92 Å². The van der Waals surface area contributed by atoms with Crippen LogP contribution in [0.15, 0.2) is 18.2 Å². The number of nitro benzene ring substituents is 1. The number of non-ortho nitro benzene ring substituents is 1. The molecule has 0 unspecified atom stereocenters. The molecule has 0 bridgehead atoms. The average Bonchev–Trinajstić information content (AvgIpc) is 2.81. The number of hydrogen-bond acceptors (Lipinski definition) is 5. The van der Waals surface area contributed by atoms with Crippen LogP contribution in [0.25, 0.3) is 0 Å². The van der Waals surface area contributed by atoms with Crippen molar-refractivity contribution in [3.63, 3.8) is 0 Å². The first kappa shape index (κ1) is 11.7. The predicted molar refractivity (Wildman–Crippen MR) is 59.5 cm³/mol. The number of nitro groups is 1. The Morgan fingerprint density at radius 1 is 1.47 bits per heavy atom. The molecule has 1 aromatic rings. The molecule has 0 amide bonds. The van der Waals surface area contributed by atoms with Crippen LogP contribution in [0.1, 0.15) is 6.42 Å². The Balaban J connectivity index is 2.21. The van der Waals surface area contributed by atoms with Gasteiger partial charge in [-0.25, -0.2) is 0 Å². The van der Waals surface area contributed by atoms with E-state index >= 15 is 0 Å². The van der Waals surface area contributed by atoms with Gasteiger partial charge in [-0.05, 0) is 6.07 Å². The van der Waals surface area contributed by atoms with E-state index in [-0.39, 0.29) is 11.8 Å². The third-order valence-electron chi connectivity index (χ3n) is 2.54. The zero-order valence-corrected chi connectivity index (χ0v) is 9.42. The fraction of sp³-hybridized carbons (Fsp3) is 0.455. The molecule has 1 heterocycles. The summed E-state index contributed by atoms with van der Waals surface area (Å²) < 4.78 is 15.9. The number of rotatable bonds is 4. The summed E-state index contributed by atoms with van der Waals surface area (Å²) in [6, 6.07) is 4.29. The molecule has 1 atom stereocenters. The van der Waals surface area contributed by atoms with Crippen molar-refractivity contribution in [2.75, 3.05) is 20.3 Å². The highest BCUT2D eigenvalue weighted by atomic mass is 16.6. The second-order valence-corrected chi connectivity index (χ2v) is 3.70. The quantitative estimate of drug-likeness (QED) is 0.591. The van der Waals surface area contributed by atoms with Crippen LogP contribution in [0.2, 0.25) is 0 Å². The van der Waals surface area contributed by atoms with E-state index in [9.17, 15) is 10.1 Å². The van der Waals surface area contributed by atoms with Gasteiger partial charge in [0.05, 0.1) is 31.3 Å². The molecule has 6 heteroatoms. The lowest BCUT2D eigenvalue weighted by atomic mass is 10.2. The molecule has 92 valence electrons. The molecule has 0 aliphatic carbocycles. The molecule has 0 spiro atoms. The molecule has 6 nitrogen and oxygen atoms in total. The minimum atomic E-state index is -0.461. The van der Waals surface area contributed by atoms with Crippen LogP contribution >= 0.6 is 0 Å². The summed E-state index contributed by atoms with van der Waals surface area (Å²) in [4.78, 5) is 10.2. The summed E-state index contributed by atoms with van der Waals surface area (Å²) >= 11 is 0. The number of nitrogens with zero attached hydrogens (tertiary/aromatic N) is 1. The molecule has 17 heavy (non-hydrogen) atoms. The number of ether oxygens (including phenoxy) is 3. The summed E-state index contributed by atoms with van der Waals surface area (Å²) in [6.07, 6.45) is 0.720. The minimum absolute atomic E-state index is 0.0142. The van der Waals surface area contributed by atoms with E-state index in [0.717, 1.165) is 6.42 Å². The maximum absolute atomic E-state index is 10.7. The maximum atomic E-state index is 10.7. The molecule has 1 saturated heterocycles. The number of methoxy groups -OCH3 is 1. The van der Waals surface area contributed by atoms with Gasteiger partial charge in [-0.15, -0.1) is 0 Å². The first-order valence-electron chi connectivity index (χ1n) is 5.27. The summed E-state index contributed by atoms with van der Waals surface area (Å²) in [6.45, 7) is 1.16. The molecule has 0 saturated carbocycles. The molecule has 2 rings (SSSR count). The van der Waals surface area contributed by atoms with Crippen molar-refractivity contribution in [1.82, 2.24) is 0 Å². The van der Waals surface area contributed by atoms with Gasteiger partial charge in [0.15, 0.2) is 11.5 Å². The van der Waals surface area contributed by atoms with E-state index in [0.29, 0.717) is 24.7 Å². The second-order valence-electron chi connectivity index (χ2n) is 3.70. The third kappa shape index (κ3) is 2.65. The van der Waals surface area contributed by atoms with Gasteiger partial charge in [0, 0.05) is 12.5 Å². The zero-order chi connectivity index (χ0) is 12.3. The third-order valence-corrected chi connectivity index (χ3v) is 2.54. The lowest BCUT2D eigenvalue weighted by Gasteiger charge is -2.14. The van der Waals surface area contributed by atoms with Gasteiger partial charge < -0.3 is 14.2 Å². The Morgan fingerprint density at radius 3 is 2.88 bits per heavy atom. The zero-order valence-electron chi connectivity index (χ0n) is 9.42. The molecule has 0 radical (unpaired) electrons. The summed E-state index contributed by atoms with van der Waals surface area (Å²) in [7, 11) is 1.50. The Morgan fingerprint density at radius 2 is 2.29 bits per heavy atom.